The van der Waals surface area contributed by atoms with Gasteiger partial charge in [-0.2, -0.15) is 0 Å². The lowest BCUT2D eigenvalue weighted by Gasteiger charge is -2.32. The van der Waals surface area contributed by atoms with E-state index in [0.717, 1.165) is 6.54 Å². The van der Waals surface area contributed by atoms with Crippen LogP contribution in [0.4, 0.5) is 4.39 Å². The summed E-state index contributed by atoms with van der Waals surface area (Å²) in [6.07, 6.45) is 0.241. The van der Waals surface area contributed by atoms with Crippen LogP contribution in [0.2, 0.25) is 0 Å². The van der Waals surface area contributed by atoms with Crippen LogP contribution in [0.25, 0.3) is 0 Å². The van der Waals surface area contributed by atoms with Crippen LogP contribution in [0.5, 0.6) is 0 Å². The van der Waals surface area contributed by atoms with Gasteiger partial charge in [-0.15, -0.1) is 12.4 Å². The van der Waals surface area contributed by atoms with E-state index in [4.69, 9.17) is 0 Å². The minimum Gasteiger partial charge on any atom is -0.351 e. The predicted molar refractivity (Wildman–Crippen MR) is 92.3 cm³/mol. The van der Waals surface area contributed by atoms with E-state index in [1.165, 1.54) is 18.2 Å². The topological polar surface area (TPSA) is 61.4 Å². The Kier molecular flexibility index (Phi) is 7.94. The first-order chi connectivity index (χ1) is 10.5. The van der Waals surface area contributed by atoms with Crippen molar-refractivity contribution in [3.8, 4) is 0 Å². The monoisotopic (exact) mass is 407 g/mol. The number of hydrogen-bond acceptors (Lipinski definition) is 3. The Morgan fingerprint density at radius 3 is 2.91 bits per heavy atom. The molecule has 1 atom stereocenters. The lowest BCUT2D eigenvalue weighted by Crippen LogP contribution is -2.51. The number of carbonyl (C=O) groups is 2. The maximum Gasteiger partial charge on any atom is 0.252 e. The second-order valence-electron chi connectivity index (χ2n) is 5.32. The van der Waals surface area contributed by atoms with Gasteiger partial charge in [0.05, 0.1) is 5.56 Å². The zero-order valence-corrected chi connectivity index (χ0v) is 15.2. The minimum atomic E-state index is -0.473. The van der Waals surface area contributed by atoms with Gasteiger partial charge in [0.25, 0.3) is 5.91 Å². The normalized spacial score (nSPS) is 17.3. The Balaban J connectivity index is 0.00000264. The van der Waals surface area contributed by atoms with Gasteiger partial charge in [0.2, 0.25) is 5.91 Å². The van der Waals surface area contributed by atoms with Crippen molar-refractivity contribution in [1.82, 2.24) is 15.5 Å². The van der Waals surface area contributed by atoms with Crippen molar-refractivity contribution in [2.75, 3.05) is 26.2 Å². The molecule has 1 saturated heterocycles. The van der Waals surface area contributed by atoms with Crippen molar-refractivity contribution >= 4 is 40.2 Å². The Hall–Kier alpha value is -1.18. The highest BCUT2D eigenvalue weighted by molar-refractivity contribution is 9.10. The van der Waals surface area contributed by atoms with E-state index in [9.17, 15) is 14.0 Å². The van der Waals surface area contributed by atoms with Crippen molar-refractivity contribution < 1.29 is 14.0 Å². The largest absolute Gasteiger partial charge is 0.351 e. The van der Waals surface area contributed by atoms with Gasteiger partial charge in [-0.05, 0) is 41.1 Å². The number of halogens is 3. The average molecular weight is 409 g/mol. The summed E-state index contributed by atoms with van der Waals surface area (Å²) < 4.78 is 13.7. The van der Waals surface area contributed by atoms with Crippen molar-refractivity contribution in [3.63, 3.8) is 0 Å². The molecule has 0 radical (unpaired) electrons. The van der Waals surface area contributed by atoms with Gasteiger partial charge in [0, 0.05) is 43.1 Å². The van der Waals surface area contributed by atoms with Crippen LogP contribution in [-0.4, -0.2) is 48.9 Å². The second kappa shape index (κ2) is 9.20. The molecule has 2 rings (SSSR count). The summed E-state index contributed by atoms with van der Waals surface area (Å²) in [4.78, 5) is 25.8. The quantitative estimate of drug-likeness (QED) is 0.800. The zero-order valence-electron chi connectivity index (χ0n) is 12.8. The van der Waals surface area contributed by atoms with Crippen LogP contribution >= 0.6 is 28.3 Å². The highest BCUT2D eigenvalue weighted by atomic mass is 79.9. The summed E-state index contributed by atoms with van der Waals surface area (Å²) in [5.74, 6) is -0.848. The minimum absolute atomic E-state index is 0. The number of piperazine rings is 1. The van der Waals surface area contributed by atoms with Gasteiger partial charge >= 0.3 is 0 Å². The molecular weight excluding hydrogens is 389 g/mol. The summed E-state index contributed by atoms with van der Waals surface area (Å²) >= 11 is 3.21. The number of nitrogens with one attached hydrogen (secondary N) is 2. The molecular formula is C15H20BrClFN3O2. The molecule has 8 heteroatoms. The Labute approximate surface area is 149 Å². The van der Waals surface area contributed by atoms with Gasteiger partial charge in [-0.25, -0.2) is 4.39 Å². The van der Waals surface area contributed by atoms with E-state index in [0.29, 0.717) is 17.6 Å². The molecule has 5 nitrogen and oxygen atoms in total. The van der Waals surface area contributed by atoms with Crippen molar-refractivity contribution in [2.45, 2.75) is 19.4 Å². The fourth-order valence-corrected chi connectivity index (χ4v) is 2.79. The van der Waals surface area contributed by atoms with E-state index >= 15 is 0 Å². The summed E-state index contributed by atoms with van der Waals surface area (Å²) in [7, 11) is 0. The molecule has 1 fully saturated rings. The highest BCUT2D eigenvalue weighted by Crippen LogP contribution is 2.17. The van der Waals surface area contributed by atoms with Crippen molar-refractivity contribution in [2.24, 2.45) is 0 Å². The lowest BCUT2D eigenvalue weighted by molar-refractivity contribution is -0.132. The molecule has 1 unspecified atom stereocenters. The first kappa shape index (κ1) is 19.9. The molecule has 1 aromatic carbocycles. The fraction of sp³-hybridized carbons (Fsp3) is 0.467. The van der Waals surface area contributed by atoms with E-state index in [-0.39, 0.29) is 42.9 Å². The third-order valence-electron chi connectivity index (χ3n) is 3.52. The van der Waals surface area contributed by atoms with Gasteiger partial charge in [-0.1, -0.05) is 0 Å². The summed E-state index contributed by atoms with van der Waals surface area (Å²) in [6, 6.07) is 4.21. The van der Waals surface area contributed by atoms with Gasteiger partial charge < -0.3 is 15.5 Å². The third-order valence-corrected chi connectivity index (χ3v) is 4.21. The van der Waals surface area contributed by atoms with Crippen molar-refractivity contribution in [1.29, 1.82) is 0 Å². The van der Waals surface area contributed by atoms with Gasteiger partial charge in [0.1, 0.15) is 5.82 Å². The molecule has 0 saturated carbocycles. The fourth-order valence-electron chi connectivity index (χ4n) is 2.37. The first-order valence-electron chi connectivity index (χ1n) is 7.22. The molecule has 2 amide bonds. The van der Waals surface area contributed by atoms with Crippen LogP contribution < -0.4 is 10.6 Å². The maximum absolute atomic E-state index is 13.2. The van der Waals surface area contributed by atoms with Crippen LogP contribution in [0.1, 0.15) is 23.7 Å². The third kappa shape index (κ3) is 5.75. The first-order valence-corrected chi connectivity index (χ1v) is 8.01. The number of nitrogens with zero attached hydrogens (tertiary/aromatic N) is 1. The standard InChI is InChI=1S/C15H19BrFN3O2.ClH/c1-10-9-20(7-6-18-10)14(21)4-5-19-15(22)12-8-11(17)2-3-13(12)16;/h2-3,8,10,18H,4-7,9H2,1H3,(H,19,22);1H. The van der Waals surface area contributed by atoms with Crippen LogP contribution in [0.15, 0.2) is 22.7 Å². The van der Waals surface area contributed by atoms with E-state index < -0.39 is 11.7 Å². The SMILES string of the molecule is CC1CN(C(=O)CCNC(=O)c2cc(F)ccc2Br)CCN1.Cl. The summed E-state index contributed by atoms with van der Waals surface area (Å²) in [5, 5.41) is 5.92. The summed E-state index contributed by atoms with van der Waals surface area (Å²) in [6.45, 7) is 4.42. The predicted octanol–water partition coefficient (Wildman–Crippen LogP) is 1.95. The molecule has 1 aliphatic rings. The Morgan fingerprint density at radius 1 is 1.48 bits per heavy atom. The van der Waals surface area contributed by atoms with E-state index in [2.05, 4.69) is 26.6 Å². The average Bonchev–Trinajstić information content (AvgIpc) is 2.49. The molecule has 0 spiro atoms. The molecule has 128 valence electrons. The lowest BCUT2D eigenvalue weighted by atomic mass is 10.2. The van der Waals surface area contributed by atoms with Crippen LogP contribution in [0, 0.1) is 5.82 Å². The number of rotatable bonds is 4. The van der Waals surface area contributed by atoms with E-state index in [1.807, 2.05) is 6.92 Å². The number of carbonyl (C=O) groups excluding carboxylic acids is 2. The molecule has 0 bridgehead atoms. The van der Waals surface area contributed by atoms with Crippen LogP contribution in [-0.2, 0) is 4.79 Å². The van der Waals surface area contributed by atoms with Gasteiger partial charge in [0.15, 0.2) is 0 Å². The number of amides is 2. The smallest absolute Gasteiger partial charge is 0.252 e. The highest BCUT2D eigenvalue weighted by Gasteiger charge is 2.20. The molecule has 0 aromatic heterocycles. The molecule has 1 heterocycles. The molecule has 0 aliphatic carbocycles. The molecule has 1 aliphatic heterocycles. The molecule has 1 aromatic rings. The van der Waals surface area contributed by atoms with E-state index in [1.54, 1.807) is 4.90 Å². The maximum atomic E-state index is 13.2. The number of benzene rings is 1. The van der Waals surface area contributed by atoms with Crippen molar-refractivity contribution in [3.05, 3.63) is 34.1 Å². The van der Waals surface area contributed by atoms with Gasteiger partial charge in [-0.3, -0.25) is 9.59 Å². The van der Waals surface area contributed by atoms with Crippen LogP contribution in [0.3, 0.4) is 0 Å². The Morgan fingerprint density at radius 2 is 2.22 bits per heavy atom. The Bertz CT molecular complexity index is 574. The summed E-state index contributed by atoms with van der Waals surface area (Å²) in [5.41, 5.74) is 0.225. The number of hydrogen-bond donors (Lipinski definition) is 2. The molecule has 2 N–H and O–H groups in total. The zero-order chi connectivity index (χ0) is 16.1. The molecule has 23 heavy (non-hydrogen) atoms. The second-order valence-corrected chi connectivity index (χ2v) is 6.18.